The summed E-state index contributed by atoms with van der Waals surface area (Å²) in [5.41, 5.74) is 0.757. The zero-order valence-electron chi connectivity index (χ0n) is 17.3. The number of nitrogens with one attached hydrogen (secondary N) is 2. The minimum Gasteiger partial charge on any atom is -0.507 e. The summed E-state index contributed by atoms with van der Waals surface area (Å²) in [6, 6.07) is 10.7. The maximum Gasteiger partial charge on any atom is 0.328 e. The summed E-state index contributed by atoms with van der Waals surface area (Å²) in [4.78, 5) is 36.8. The molecule has 0 saturated heterocycles. The highest BCUT2D eigenvalue weighted by Gasteiger charge is 2.25. The van der Waals surface area contributed by atoms with Crippen molar-refractivity contribution in [2.75, 3.05) is 20.7 Å². The fourth-order valence-corrected chi connectivity index (χ4v) is 3.23. The first-order valence-corrected chi connectivity index (χ1v) is 10.5. The molecule has 0 heterocycles. The highest BCUT2D eigenvalue weighted by molar-refractivity contribution is 9.10. The molecule has 0 aromatic heterocycles. The van der Waals surface area contributed by atoms with Crippen molar-refractivity contribution in [1.82, 2.24) is 10.6 Å². The van der Waals surface area contributed by atoms with Gasteiger partial charge in [0, 0.05) is 18.9 Å². The average Bonchev–Trinajstić information content (AvgIpc) is 2.75. The fraction of sp³-hybridized carbons (Fsp3) is 0.318. The molecule has 0 aliphatic rings. The second kappa shape index (κ2) is 12.1. The van der Waals surface area contributed by atoms with E-state index in [0.717, 1.165) is 5.56 Å². The van der Waals surface area contributed by atoms with Crippen LogP contribution in [-0.4, -0.2) is 49.7 Å². The van der Waals surface area contributed by atoms with Crippen molar-refractivity contribution in [2.24, 2.45) is 0 Å². The summed E-state index contributed by atoms with van der Waals surface area (Å²) in [6.07, 6.45) is 1.04. The van der Waals surface area contributed by atoms with Gasteiger partial charge in [0.15, 0.2) is 0 Å². The smallest absolute Gasteiger partial charge is 0.328 e. The number of methoxy groups -OCH3 is 1. The molecule has 2 aromatic rings. The highest BCUT2D eigenvalue weighted by Crippen LogP contribution is 2.33. The monoisotopic (exact) mass is 492 g/mol. The van der Waals surface area contributed by atoms with E-state index in [1.165, 1.54) is 19.2 Å². The van der Waals surface area contributed by atoms with E-state index in [0.29, 0.717) is 17.4 Å². The van der Waals surface area contributed by atoms with Gasteiger partial charge in [-0.1, -0.05) is 30.3 Å². The number of ether oxygens (including phenoxy) is 2. The van der Waals surface area contributed by atoms with Gasteiger partial charge in [-0.2, -0.15) is 0 Å². The van der Waals surface area contributed by atoms with Gasteiger partial charge in [0.1, 0.15) is 17.5 Å². The lowest BCUT2D eigenvalue weighted by Crippen LogP contribution is -2.43. The van der Waals surface area contributed by atoms with Crippen LogP contribution in [0.2, 0.25) is 0 Å². The number of hydrogen-bond acceptors (Lipinski definition) is 7. The van der Waals surface area contributed by atoms with Gasteiger partial charge in [0.05, 0.1) is 17.1 Å². The molecular formula is C22H25BrN2O6. The summed E-state index contributed by atoms with van der Waals surface area (Å²) in [6.45, 7) is 0.672. The molecule has 0 bridgehead atoms. The van der Waals surface area contributed by atoms with E-state index in [2.05, 4.69) is 26.6 Å². The molecule has 0 unspecified atom stereocenters. The van der Waals surface area contributed by atoms with E-state index in [9.17, 15) is 19.5 Å². The van der Waals surface area contributed by atoms with E-state index in [4.69, 9.17) is 9.47 Å². The number of rotatable bonds is 10. The zero-order valence-corrected chi connectivity index (χ0v) is 18.9. The predicted molar refractivity (Wildman–Crippen MR) is 118 cm³/mol. The lowest BCUT2D eigenvalue weighted by molar-refractivity contribution is -0.142. The SMILES string of the molecule is CNCCCC(=O)Oc1cc(O)c(C(=O)N[C@@H](Cc2ccccc2)C(=O)OC)cc1Br. The molecule has 0 aliphatic heterocycles. The standard InChI is InChI=1S/C22H25BrN2O6/c1-24-10-6-9-20(27)31-19-13-18(26)15(12-16(19)23)21(28)25-17(22(29)30-2)11-14-7-4-3-5-8-14/h3-5,7-8,12-13,17,24,26H,6,9-11H2,1-2H3,(H,25,28)/t17-/m0/s1. The van der Waals surface area contributed by atoms with Crippen LogP contribution in [0.15, 0.2) is 46.9 Å². The molecule has 0 aliphatic carbocycles. The molecule has 2 rings (SSSR count). The third-order valence-corrected chi connectivity index (χ3v) is 5.02. The first-order valence-electron chi connectivity index (χ1n) is 9.66. The Balaban J connectivity index is 2.13. The van der Waals surface area contributed by atoms with Crippen molar-refractivity contribution < 1.29 is 29.0 Å². The Kier molecular flexibility index (Phi) is 9.48. The lowest BCUT2D eigenvalue weighted by atomic mass is 10.1. The van der Waals surface area contributed by atoms with Crippen LogP contribution in [0.4, 0.5) is 0 Å². The van der Waals surface area contributed by atoms with E-state index < -0.39 is 23.9 Å². The average molecular weight is 493 g/mol. The van der Waals surface area contributed by atoms with Crippen LogP contribution in [-0.2, 0) is 20.7 Å². The van der Waals surface area contributed by atoms with Crippen molar-refractivity contribution in [3.8, 4) is 11.5 Å². The Morgan fingerprint density at radius 3 is 2.52 bits per heavy atom. The molecule has 0 radical (unpaired) electrons. The molecule has 166 valence electrons. The van der Waals surface area contributed by atoms with Gasteiger partial charge in [-0.05, 0) is 47.6 Å². The highest BCUT2D eigenvalue weighted by atomic mass is 79.9. The van der Waals surface area contributed by atoms with Crippen LogP contribution in [0.1, 0.15) is 28.8 Å². The van der Waals surface area contributed by atoms with Crippen molar-refractivity contribution in [3.63, 3.8) is 0 Å². The topological polar surface area (TPSA) is 114 Å². The van der Waals surface area contributed by atoms with E-state index >= 15 is 0 Å². The summed E-state index contributed by atoms with van der Waals surface area (Å²) >= 11 is 3.25. The molecule has 8 nitrogen and oxygen atoms in total. The van der Waals surface area contributed by atoms with Crippen LogP contribution in [0.3, 0.4) is 0 Å². The van der Waals surface area contributed by atoms with Crippen LogP contribution in [0, 0.1) is 0 Å². The number of halogens is 1. The minimum atomic E-state index is -0.942. The van der Waals surface area contributed by atoms with Crippen LogP contribution in [0.5, 0.6) is 11.5 Å². The number of benzene rings is 2. The number of esters is 2. The fourth-order valence-electron chi connectivity index (χ4n) is 2.81. The number of aromatic hydroxyl groups is 1. The number of phenolic OH excluding ortho intramolecular Hbond substituents is 1. The van der Waals surface area contributed by atoms with Gasteiger partial charge in [0.2, 0.25) is 0 Å². The van der Waals surface area contributed by atoms with Crippen molar-refractivity contribution >= 4 is 33.8 Å². The maximum atomic E-state index is 12.7. The molecule has 0 spiro atoms. The van der Waals surface area contributed by atoms with E-state index in [-0.39, 0.29) is 29.9 Å². The Morgan fingerprint density at radius 1 is 1.16 bits per heavy atom. The molecule has 0 fully saturated rings. The number of carbonyl (C=O) groups is 3. The van der Waals surface area contributed by atoms with Crippen LogP contribution in [0.25, 0.3) is 0 Å². The quantitative estimate of drug-likeness (QED) is 0.265. The minimum absolute atomic E-state index is 0.0798. The predicted octanol–water partition coefficient (Wildman–Crippen LogP) is 2.57. The molecule has 1 amide bonds. The summed E-state index contributed by atoms with van der Waals surface area (Å²) in [7, 11) is 3.02. The number of phenols is 1. The normalized spacial score (nSPS) is 11.5. The lowest BCUT2D eigenvalue weighted by Gasteiger charge is -2.17. The third-order valence-electron chi connectivity index (χ3n) is 4.40. The number of carbonyl (C=O) groups excluding carboxylic acids is 3. The maximum absolute atomic E-state index is 12.7. The Morgan fingerprint density at radius 2 is 1.87 bits per heavy atom. The molecular weight excluding hydrogens is 468 g/mol. The largest absolute Gasteiger partial charge is 0.507 e. The Labute approximate surface area is 189 Å². The van der Waals surface area contributed by atoms with Gasteiger partial charge < -0.3 is 25.2 Å². The summed E-state index contributed by atoms with van der Waals surface area (Å²) in [5.74, 6) is -2.03. The van der Waals surface area contributed by atoms with E-state index in [1.807, 2.05) is 30.3 Å². The van der Waals surface area contributed by atoms with Crippen molar-refractivity contribution in [1.29, 1.82) is 0 Å². The van der Waals surface area contributed by atoms with Gasteiger partial charge in [-0.25, -0.2) is 4.79 Å². The molecule has 3 N–H and O–H groups in total. The second-order valence-electron chi connectivity index (χ2n) is 6.72. The number of hydrogen-bond donors (Lipinski definition) is 3. The number of amides is 1. The van der Waals surface area contributed by atoms with Gasteiger partial charge in [0.25, 0.3) is 5.91 Å². The Hall–Kier alpha value is -2.91. The van der Waals surface area contributed by atoms with Gasteiger partial charge in [-0.15, -0.1) is 0 Å². The van der Waals surface area contributed by atoms with Crippen LogP contribution >= 0.6 is 15.9 Å². The zero-order chi connectivity index (χ0) is 22.8. The van der Waals surface area contributed by atoms with E-state index in [1.54, 1.807) is 7.05 Å². The second-order valence-corrected chi connectivity index (χ2v) is 7.57. The molecule has 1 atom stereocenters. The van der Waals surface area contributed by atoms with Crippen molar-refractivity contribution in [2.45, 2.75) is 25.3 Å². The van der Waals surface area contributed by atoms with Crippen molar-refractivity contribution in [3.05, 3.63) is 58.1 Å². The Bertz CT molecular complexity index is 920. The van der Waals surface area contributed by atoms with Gasteiger partial charge in [-0.3, -0.25) is 9.59 Å². The first-order chi connectivity index (χ1) is 14.8. The first kappa shape index (κ1) is 24.4. The summed E-state index contributed by atoms with van der Waals surface area (Å²) in [5, 5.41) is 15.8. The molecule has 31 heavy (non-hydrogen) atoms. The van der Waals surface area contributed by atoms with Gasteiger partial charge >= 0.3 is 11.9 Å². The van der Waals surface area contributed by atoms with Crippen LogP contribution < -0.4 is 15.4 Å². The molecule has 0 saturated carbocycles. The molecule has 2 aromatic carbocycles. The summed E-state index contributed by atoms with van der Waals surface area (Å²) < 4.78 is 10.3. The third kappa shape index (κ3) is 7.37. The molecule has 9 heteroatoms.